The minimum Gasteiger partial charge on any atom is -0.476 e. The SMILES string of the molecule is Cc1ncsc1-c1ccc([C@H](C)NC(=O)[C@@H]2CCCN2C(=O)[C@@H](NC(=O)CCOCCN(C)CCOC23CC4(C)CC(C)(CC(Cn5ncc(-c6ccc(N7CCCc8c7nnc(Nc7nc9ccccc9s7)c8C)nc6C(=O)O)c5C)(C4)C2)C3)C(C)(C)C)cc1. The molecule has 1 saturated heterocycles. The fraction of sp³-hybridized carbons (Fsp3) is 0.536. The van der Waals surface area contributed by atoms with Crippen LogP contribution < -0.4 is 20.9 Å². The Balaban J connectivity index is 0.619. The van der Waals surface area contributed by atoms with Crippen molar-refractivity contribution in [2.75, 3.05) is 63.3 Å². The molecule has 4 N–H and O–H groups in total. The zero-order valence-electron chi connectivity index (χ0n) is 54.3. The minimum atomic E-state index is -1.11. The lowest BCUT2D eigenvalue weighted by molar-refractivity contribution is -0.248. The lowest BCUT2D eigenvalue weighted by Gasteiger charge is -2.69. The van der Waals surface area contributed by atoms with Gasteiger partial charge in [0.15, 0.2) is 22.5 Å². The highest BCUT2D eigenvalue weighted by Crippen LogP contribution is 2.72. The molecule has 13 rings (SSSR count). The first-order chi connectivity index (χ1) is 43.4. The van der Waals surface area contributed by atoms with E-state index < -0.39 is 23.5 Å². The smallest absolute Gasteiger partial charge is 0.355 e. The van der Waals surface area contributed by atoms with Crippen LogP contribution in [0, 0.1) is 42.4 Å². The number of para-hydroxylation sites is 1. The Kier molecular flexibility index (Phi) is 17.8. The van der Waals surface area contributed by atoms with Crippen LogP contribution in [-0.2, 0) is 36.8 Å². The van der Waals surface area contributed by atoms with Crippen molar-refractivity contribution in [2.45, 2.75) is 163 Å². The molecule has 0 radical (unpaired) electrons. The zero-order valence-corrected chi connectivity index (χ0v) is 55.9. The Hall–Kier alpha value is -7.24. The van der Waals surface area contributed by atoms with Gasteiger partial charge in [-0.2, -0.15) is 5.10 Å². The number of nitrogens with one attached hydrogen (secondary N) is 3. The molecule has 5 fully saturated rings. The number of amides is 3. The van der Waals surface area contributed by atoms with Gasteiger partial charge >= 0.3 is 5.97 Å². The molecule has 2 unspecified atom stereocenters. The molecule has 6 aliphatic rings. The Morgan fingerprint density at radius 2 is 1.62 bits per heavy atom. The van der Waals surface area contributed by atoms with Crippen molar-refractivity contribution >= 4 is 79.2 Å². The molecule has 7 aromatic rings. The standard InChI is InChI=1S/C69H87N13O7S2/c1-42-48-15-13-27-81(60(48)78-77-59(42)76-64-73-51-16-11-12-18-53(51)91-64)54-24-23-49(56(74-54)63(86)87)50-33-71-82(45(50)4)40-68-35-66(8)34-67(9,36-68)38-69(37-66,39-68)89-32-29-79(10)28-31-88-30-25-55(83)75-58(65(5,6)7)62(85)80-26-14-17-52(80)61(84)72-43(2)46-19-21-47(22-20-46)57-44(3)70-41-90-57/h11-12,16,18-24,33,41,43,52,58H,13-15,17,25-32,34-40H2,1-10H3,(H,72,84)(H,75,83)(H,86,87)(H,73,76,77)/t43-,52-,58+,66?,67?,68?,69?/m0/s1. The van der Waals surface area contributed by atoms with E-state index in [1.54, 1.807) is 27.6 Å². The summed E-state index contributed by atoms with van der Waals surface area (Å²) in [5.74, 6) is 0.0119. The quantitative estimate of drug-likeness (QED) is 0.0436. The lowest BCUT2D eigenvalue weighted by Crippen LogP contribution is -2.64. The van der Waals surface area contributed by atoms with Crippen LogP contribution in [-0.4, -0.2) is 144 Å². The molecule has 5 atom stereocenters. The van der Waals surface area contributed by atoms with Gasteiger partial charge in [0, 0.05) is 67.1 Å². The number of carboxylic acid groups (broad SMARTS) is 1. The van der Waals surface area contributed by atoms with Crippen molar-refractivity contribution in [1.29, 1.82) is 0 Å². The average Bonchev–Trinajstić information content (AvgIpc) is 0.985. The number of likely N-dealkylation sites (N-methyl/N-ethyl adjacent to an activating group) is 1. The molecule has 7 heterocycles. The van der Waals surface area contributed by atoms with Crippen LogP contribution in [0.25, 0.3) is 31.8 Å². The van der Waals surface area contributed by atoms with Crippen molar-refractivity contribution in [3.63, 3.8) is 0 Å². The molecule has 0 spiro atoms. The number of rotatable bonds is 23. The third kappa shape index (κ3) is 13.4. The maximum Gasteiger partial charge on any atom is 0.355 e. The number of nitrogens with zero attached hydrogens (tertiary/aromatic N) is 10. The number of pyridine rings is 1. The Morgan fingerprint density at radius 3 is 2.34 bits per heavy atom. The first-order valence-corrected chi connectivity index (χ1v) is 33.9. The zero-order chi connectivity index (χ0) is 64.2. The van der Waals surface area contributed by atoms with Gasteiger partial charge < -0.3 is 45.2 Å². The summed E-state index contributed by atoms with van der Waals surface area (Å²) in [7, 11) is 2.07. The maximum absolute atomic E-state index is 14.3. The summed E-state index contributed by atoms with van der Waals surface area (Å²) in [6, 6.07) is 18.2. The number of carbonyl (C=O) groups is 4. The molecule has 4 bridgehead atoms. The van der Waals surface area contributed by atoms with Gasteiger partial charge in [0.1, 0.15) is 17.9 Å². The third-order valence-electron chi connectivity index (χ3n) is 19.8. The van der Waals surface area contributed by atoms with Crippen molar-refractivity contribution in [3.05, 3.63) is 106 Å². The van der Waals surface area contributed by atoms with E-state index in [-0.39, 0.29) is 64.3 Å². The van der Waals surface area contributed by atoms with Gasteiger partial charge in [-0.25, -0.2) is 19.7 Å². The van der Waals surface area contributed by atoms with E-state index in [9.17, 15) is 24.3 Å². The molecule has 2 aliphatic heterocycles. The van der Waals surface area contributed by atoms with Gasteiger partial charge in [-0.3, -0.25) is 19.1 Å². The van der Waals surface area contributed by atoms with Crippen molar-refractivity contribution in [3.8, 4) is 21.6 Å². The molecule has 22 heteroatoms. The normalized spacial score (nSPS) is 23.4. The third-order valence-corrected chi connectivity index (χ3v) is 21.7. The molecular formula is C69H87N13O7S2. The van der Waals surface area contributed by atoms with Gasteiger partial charge in [-0.15, -0.1) is 21.5 Å². The molecule has 91 heavy (non-hydrogen) atoms. The van der Waals surface area contributed by atoms with Gasteiger partial charge in [0.05, 0.1) is 64.0 Å². The predicted octanol–water partition coefficient (Wildman–Crippen LogP) is 11.8. The Labute approximate surface area is 541 Å². The summed E-state index contributed by atoms with van der Waals surface area (Å²) in [6.45, 7) is 23.1. The lowest BCUT2D eigenvalue weighted by atomic mass is 9.39. The van der Waals surface area contributed by atoms with Gasteiger partial charge in [0.25, 0.3) is 0 Å². The van der Waals surface area contributed by atoms with E-state index in [1.807, 2.05) is 114 Å². The first kappa shape index (κ1) is 63.9. The molecule has 2 aromatic carbocycles. The van der Waals surface area contributed by atoms with E-state index in [2.05, 4.69) is 68.6 Å². The number of aromatic carboxylic acids is 1. The monoisotopic (exact) mass is 1270 g/mol. The summed E-state index contributed by atoms with van der Waals surface area (Å²) >= 11 is 3.17. The summed E-state index contributed by atoms with van der Waals surface area (Å²) in [5.41, 5.74) is 9.29. The second-order valence-corrected chi connectivity index (χ2v) is 30.5. The number of thiazole rings is 2. The van der Waals surface area contributed by atoms with Gasteiger partial charge in [-0.05, 0) is 156 Å². The molecule has 482 valence electrons. The predicted molar refractivity (Wildman–Crippen MR) is 355 cm³/mol. The number of hydrogen-bond donors (Lipinski definition) is 4. The maximum atomic E-state index is 14.3. The van der Waals surface area contributed by atoms with Crippen LogP contribution >= 0.6 is 22.7 Å². The molecular weight excluding hydrogens is 1190 g/mol. The second-order valence-electron chi connectivity index (χ2n) is 28.6. The number of carbonyl (C=O) groups excluding carboxylic acids is 3. The molecule has 4 saturated carbocycles. The van der Waals surface area contributed by atoms with Crippen LogP contribution in [0.1, 0.15) is 150 Å². The number of ether oxygens (including phenoxy) is 2. The minimum absolute atomic E-state index is 0.0318. The first-order valence-electron chi connectivity index (χ1n) is 32.2. The van der Waals surface area contributed by atoms with Crippen LogP contribution in [0.5, 0.6) is 0 Å². The number of hydrogen-bond acceptors (Lipinski definition) is 17. The van der Waals surface area contributed by atoms with Crippen molar-refractivity contribution < 1.29 is 33.8 Å². The summed E-state index contributed by atoms with van der Waals surface area (Å²) in [4.78, 5) is 75.6. The van der Waals surface area contributed by atoms with Crippen LogP contribution in [0.2, 0.25) is 0 Å². The number of benzene rings is 2. The summed E-state index contributed by atoms with van der Waals surface area (Å²) in [6.07, 6.45) is 11.1. The largest absolute Gasteiger partial charge is 0.476 e. The van der Waals surface area contributed by atoms with Crippen molar-refractivity contribution in [2.24, 2.45) is 21.7 Å². The van der Waals surface area contributed by atoms with E-state index in [4.69, 9.17) is 29.6 Å². The molecule has 5 aromatic heterocycles. The highest BCUT2D eigenvalue weighted by atomic mass is 32.1. The fourth-order valence-corrected chi connectivity index (χ4v) is 18.2. The van der Waals surface area contributed by atoms with E-state index in [1.165, 1.54) is 0 Å². The van der Waals surface area contributed by atoms with E-state index in [0.717, 1.165) is 117 Å². The molecule has 4 aliphatic carbocycles. The van der Waals surface area contributed by atoms with Crippen LogP contribution in [0.4, 0.5) is 22.6 Å². The Bertz CT molecular complexity index is 3820. The fourth-order valence-electron chi connectivity index (χ4n) is 16.5. The van der Waals surface area contributed by atoms with Crippen LogP contribution in [0.3, 0.4) is 0 Å². The number of anilines is 4. The van der Waals surface area contributed by atoms with E-state index >= 15 is 0 Å². The van der Waals surface area contributed by atoms with Crippen molar-refractivity contribution in [1.82, 2.24) is 55.4 Å². The van der Waals surface area contributed by atoms with Gasteiger partial charge in [0.2, 0.25) is 17.7 Å². The number of fused-ring (bicyclic) bond motifs is 2. The number of aromatic nitrogens is 7. The topological polar surface area (TPSA) is 235 Å². The number of likely N-dealkylation sites (tertiary alicyclic amines) is 1. The Morgan fingerprint density at radius 1 is 0.857 bits per heavy atom. The van der Waals surface area contributed by atoms with Crippen LogP contribution in [0.15, 0.2) is 72.4 Å². The highest BCUT2D eigenvalue weighted by Gasteiger charge is 2.66. The molecule has 3 amide bonds. The average molecular weight is 1270 g/mol. The van der Waals surface area contributed by atoms with Gasteiger partial charge in [-0.1, -0.05) is 82.4 Å². The number of aryl methyl sites for hydroxylation is 1. The summed E-state index contributed by atoms with van der Waals surface area (Å²) in [5, 5.41) is 35.4. The highest BCUT2D eigenvalue weighted by molar-refractivity contribution is 7.22. The number of carboxylic acids is 1. The molecule has 20 nitrogen and oxygen atoms in total. The summed E-state index contributed by atoms with van der Waals surface area (Å²) < 4.78 is 16.3. The van der Waals surface area contributed by atoms with E-state index in [0.29, 0.717) is 75.3 Å². The second kappa shape index (κ2) is 25.3.